The van der Waals surface area contributed by atoms with Crippen LogP contribution in [0.4, 0.5) is 0 Å². The van der Waals surface area contributed by atoms with Crippen LogP contribution in [0.5, 0.6) is 0 Å². The molecule has 3 heteroatoms. The molecule has 0 aliphatic rings. The van der Waals surface area contributed by atoms with E-state index in [1.54, 1.807) is 0 Å². The lowest BCUT2D eigenvalue weighted by atomic mass is 9.97. The van der Waals surface area contributed by atoms with E-state index in [0.717, 1.165) is 8.95 Å². The number of hydrogen-bond donors (Lipinski definition) is 0. The Morgan fingerprint density at radius 1 is 1.22 bits per heavy atom. The molecule has 0 fully saturated rings. The van der Waals surface area contributed by atoms with Gasteiger partial charge in [0.2, 0.25) is 0 Å². The van der Waals surface area contributed by atoms with Crippen LogP contribution in [0.25, 0.3) is 0 Å². The maximum absolute atomic E-state index is 3.41. The maximum atomic E-state index is 3.41. The van der Waals surface area contributed by atoms with Crippen LogP contribution in [0.15, 0.2) is 27.1 Å². The Hall–Kier alpha value is 0.245. The molecule has 0 atom stereocenters. The van der Waals surface area contributed by atoms with Crippen molar-refractivity contribution < 1.29 is 0 Å². The zero-order valence-corrected chi connectivity index (χ0v) is 8.16. The van der Waals surface area contributed by atoms with Crippen molar-refractivity contribution >= 4 is 45.2 Å². The normalized spacial score (nSPS) is 9.56. The van der Waals surface area contributed by atoms with Crippen molar-refractivity contribution in [3.63, 3.8) is 0 Å². The van der Waals surface area contributed by atoms with Crippen LogP contribution >= 0.6 is 31.9 Å². The van der Waals surface area contributed by atoms with Crippen LogP contribution in [-0.2, 0) is 0 Å². The van der Waals surface area contributed by atoms with Crippen LogP contribution in [0.2, 0.25) is 0 Å². The van der Waals surface area contributed by atoms with E-state index in [4.69, 9.17) is 0 Å². The second kappa shape index (κ2) is 2.89. The molecule has 1 aromatic rings. The van der Waals surface area contributed by atoms with E-state index in [-0.39, 0.29) is 0 Å². The molecule has 0 nitrogen and oxygen atoms in total. The fraction of sp³-hybridized carbons (Fsp3) is 0. The Kier molecular flexibility index (Phi) is 2.36. The van der Waals surface area contributed by atoms with E-state index in [2.05, 4.69) is 45.8 Å². The number of rotatable bonds is 0. The van der Waals surface area contributed by atoms with Crippen molar-refractivity contribution in [3.8, 4) is 0 Å². The first kappa shape index (κ1) is 7.35. The number of halogens is 2. The van der Waals surface area contributed by atoms with Crippen molar-refractivity contribution in [3.05, 3.63) is 27.1 Å². The smallest absolute Gasteiger partial charge is 0.0739 e. The summed E-state index contributed by atoms with van der Waals surface area (Å²) in [4.78, 5) is 0. The minimum absolute atomic E-state index is 1.13. The highest BCUT2D eigenvalue weighted by molar-refractivity contribution is 9.11. The molecular weight excluding hydrogens is 243 g/mol. The molecule has 0 aromatic heterocycles. The molecule has 0 heterocycles. The summed E-state index contributed by atoms with van der Waals surface area (Å²) in [5, 5.41) is 0. The van der Waals surface area contributed by atoms with Crippen molar-refractivity contribution in [1.82, 2.24) is 0 Å². The molecule has 0 aliphatic heterocycles. The molecule has 0 spiro atoms. The summed E-state index contributed by atoms with van der Waals surface area (Å²) in [6.07, 6.45) is 0. The molecule has 0 aliphatic carbocycles. The first-order valence-corrected chi connectivity index (χ1v) is 4.20. The third kappa shape index (κ3) is 1.83. The molecule has 0 saturated heterocycles. The SMILES string of the molecule is Bc1cc(Br)ccc1Br. The first-order chi connectivity index (χ1) is 4.20. The van der Waals surface area contributed by atoms with Gasteiger partial charge in [-0.3, -0.25) is 0 Å². The maximum Gasteiger partial charge on any atom is 0.140 e. The summed E-state index contributed by atoms with van der Waals surface area (Å²) >= 11 is 6.78. The summed E-state index contributed by atoms with van der Waals surface area (Å²) in [5.41, 5.74) is 1.25. The molecule has 9 heavy (non-hydrogen) atoms. The highest BCUT2D eigenvalue weighted by Gasteiger charge is 1.91. The number of hydrogen-bond acceptors (Lipinski definition) is 0. The van der Waals surface area contributed by atoms with Gasteiger partial charge in [0.05, 0.1) is 0 Å². The van der Waals surface area contributed by atoms with Gasteiger partial charge in [0, 0.05) is 8.95 Å². The molecule has 46 valence electrons. The Morgan fingerprint density at radius 2 is 1.89 bits per heavy atom. The first-order valence-electron chi connectivity index (χ1n) is 2.62. The van der Waals surface area contributed by atoms with Crippen LogP contribution in [0, 0.1) is 0 Å². The van der Waals surface area contributed by atoms with Gasteiger partial charge in [-0.2, -0.15) is 0 Å². The Balaban J connectivity index is 3.17. The minimum Gasteiger partial charge on any atom is -0.0739 e. The predicted octanol–water partition coefficient (Wildman–Crippen LogP) is 1.47. The van der Waals surface area contributed by atoms with Crippen LogP contribution in [-0.4, -0.2) is 7.85 Å². The fourth-order valence-corrected chi connectivity index (χ4v) is 1.33. The van der Waals surface area contributed by atoms with Gasteiger partial charge >= 0.3 is 0 Å². The average molecular weight is 248 g/mol. The van der Waals surface area contributed by atoms with E-state index in [0.29, 0.717) is 0 Å². The molecule has 0 amide bonds. The topological polar surface area (TPSA) is 0 Å². The average Bonchev–Trinajstić information content (AvgIpc) is 1.80. The number of benzene rings is 1. The zero-order chi connectivity index (χ0) is 6.85. The Bertz CT molecular complexity index is 222. The molecule has 1 aromatic carbocycles. The Labute approximate surface area is 72.3 Å². The van der Waals surface area contributed by atoms with Gasteiger partial charge in [-0.25, -0.2) is 0 Å². The van der Waals surface area contributed by atoms with Gasteiger partial charge in [-0.1, -0.05) is 43.4 Å². The molecule has 1 rings (SSSR count). The molecule has 0 saturated carbocycles. The van der Waals surface area contributed by atoms with Gasteiger partial charge in [-0.05, 0) is 12.1 Å². The highest BCUT2D eigenvalue weighted by Crippen LogP contribution is 2.11. The standard InChI is InChI=1S/C6H5BBr2/c7-5-3-4(8)1-2-6(5)9/h1-3H,7H2. The molecular formula is C6H5BBr2. The van der Waals surface area contributed by atoms with Crippen molar-refractivity contribution in [2.24, 2.45) is 0 Å². The molecule has 0 radical (unpaired) electrons. The van der Waals surface area contributed by atoms with E-state index in [1.165, 1.54) is 5.46 Å². The van der Waals surface area contributed by atoms with Gasteiger partial charge < -0.3 is 0 Å². The van der Waals surface area contributed by atoms with Gasteiger partial charge in [0.25, 0.3) is 0 Å². The highest BCUT2D eigenvalue weighted by atomic mass is 79.9. The monoisotopic (exact) mass is 246 g/mol. The summed E-state index contributed by atoms with van der Waals surface area (Å²) in [6, 6.07) is 6.11. The lowest BCUT2D eigenvalue weighted by molar-refractivity contribution is 1.66. The summed E-state index contributed by atoms with van der Waals surface area (Å²) in [6.45, 7) is 0. The third-order valence-electron chi connectivity index (χ3n) is 1.12. The zero-order valence-electron chi connectivity index (χ0n) is 4.99. The van der Waals surface area contributed by atoms with E-state index < -0.39 is 0 Å². The summed E-state index contributed by atoms with van der Waals surface area (Å²) in [7, 11) is 2.06. The minimum atomic E-state index is 1.13. The lowest BCUT2D eigenvalue weighted by Crippen LogP contribution is -2.02. The Morgan fingerprint density at radius 3 is 2.33 bits per heavy atom. The van der Waals surface area contributed by atoms with Gasteiger partial charge in [0.15, 0.2) is 0 Å². The van der Waals surface area contributed by atoms with Crippen LogP contribution < -0.4 is 5.46 Å². The molecule has 0 unspecified atom stereocenters. The van der Waals surface area contributed by atoms with Crippen molar-refractivity contribution in [2.45, 2.75) is 0 Å². The third-order valence-corrected chi connectivity index (χ3v) is 2.50. The van der Waals surface area contributed by atoms with Crippen LogP contribution in [0.3, 0.4) is 0 Å². The lowest BCUT2D eigenvalue weighted by Gasteiger charge is -1.95. The van der Waals surface area contributed by atoms with Crippen molar-refractivity contribution in [1.29, 1.82) is 0 Å². The second-order valence-corrected chi connectivity index (χ2v) is 3.66. The van der Waals surface area contributed by atoms with E-state index in [9.17, 15) is 0 Å². The van der Waals surface area contributed by atoms with Crippen molar-refractivity contribution in [2.75, 3.05) is 0 Å². The van der Waals surface area contributed by atoms with Crippen LogP contribution in [0.1, 0.15) is 0 Å². The van der Waals surface area contributed by atoms with E-state index in [1.807, 2.05) is 12.1 Å². The van der Waals surface area contributed by atoms with Gasteiger partial charge in [-0.15, -0.1) is 0 Å². The summed E-state index contributed by atoms with van der Waals surface area (Å²) in [5.74, 6) is 0. The quantitative estimate of drug-likeness (QED) is 0.609. The second-order valence-electron chi connectivity index (χ2n) is 1.89. The summed E-state index contributed by atoms with van der Waals surface area (Å²) < 4.78 is 2.29. The predicted molar refractivity (Wildman–Crippen MR) is 50.0 cm³/mol. The molecule has 0 N–H and O–H groups in total. The molecule has 0 bridgehead atoms. The largest absolute Gasteiger partial charge is 0.140 e. The fourth-order valence-electron chi connectivity index (χ4n) is 0.608. The van der Waals surface area contributed by atoms with E-state index >= 15 is 0 Å². The van der Waals surface area contributed by atoms with Gasteiger partial charge in [0.1, 0.15) is 7.85 Å².